The lowest BCUT2D eigenvalue weighted by molar-refractivity contribution is -0.149. The molecule has 0 aromatic heterocycles. The van der Waals surface area contributed by atoms with Gasteiger partial charge in [0, 0.05) is 19.3 Å². The normalized spacial score (nSPS) is 11.9. The predicted molar refractivity (Wildman–Crippen MR) is 99.5 cm³/mol. The minimum atomic E-state index is -0.817. The monoisotopic (exact) mass is 348 g/mol. The van der Waals surface area contributed by atoms with Crippen molar-refractivity contribution in [3.05, 3.63) is 35.9 Å². The minimum Gasteiger partial charge on any atom is -0.481 e. The van der Waals surface area contributed by atoms with Crippen LogP contribution in [0.1, 0.15) is 76.7 Å². The molecule has 4 heteroatoms. The van der Waals surface area contributed by atoms with Gasteiger partial charge in [-0.05, 0) is 31.2 Å². The van der Waals surface area contributed by atoms with Crippen molar-refractivity contribution in [3.8, 4) is 0 Å². The summed E-state index contributed by atoms with van der Waals surface area (Å²) in [5.74, 6) is -1.03. The van der Waals surface area contributed by atoms with E-state index in [1.54, 1.807) is 0 Å². The second kappa shape index (κ2) is 13.5. The lowest BCUT2D eigenvalue weighted by Gasteiger charge is -2.18. The predicted octanol–water partition coefficient (Wildman–Crippen LogP) is 5.15. The van der Waals surface area contributed by atoms with Crippen LogP contribution in [0.2, 0.25) is 0 Å². The van der Waals surface area contributed by atoms with E-state index >= 15 is 0 Å². The number of carboxylic acid groups (broad SMARTS) is 1. The van der Waals surface area contributed by atoms with Crippen molar-refractivity contribution >= 4 is 11.9 Å². The van der Waals surface area contributed by atoms with Crippen molar-refractivity contribution in [2.45, 2.75) is 83.7 Å². The van der Waals surface area contributed by atoms with E-state index in [1.165, 1.54) is 31.2 Å². The Morgan fingerprint density at radius 2 is 1.64 bits per heavy atom. The van der Waals surface area contributed by atoms with E-state index in [4.69, 9.17) is 9.84 Å². The summed E-state index contributed by atoms with van der Waals surface area (Å²) < 4.78 is 5.68. The molecule has 1 atom stereocenters. The maximum atomic E-state index is 12.1. The molecular formula is C21H32O4. The van der Waals surface area contributed by atoms with Crippen LogP contribution < -0.4 is 0 Å². The molecule has 0 fully saturated rings. The molecule has 140 valence electrons. The maximum absolute atomic E-state index is 12.1. The molecule has 0 bridgehead atoms. The summed E-state index contributed by atoms with van der Waals surface area (Å²) in [7, 11) is 0. The molecule has 0 spiro atoms. The summed E-state index contributed by atoms with van der Waals surface area (Å²) in [6.45, 7) is 2.20. The van der Waals surface area contributed by atoms with Gasteiger partial charge >= 0.3 is 11.9 Å². The van der Waals surface area contributed by atoms with Gasteiger partial charge in [0.15, 0.2) is 0 Å². The smallest absolute Gasteiger partial charge is 0.306 e. The van der Waals surface area contributed by atoms with Gasteiger partial charge in [0.1, 0.15) is 6.10 Å². The number of rotatable bonds is 14. The SMILES string of the molecule is CCCCCCCC(Cc1ccccc1)OC(=O)CCCCC(=O)O. The van der Waals surface area contributed by atoms with Crippen molar-refractivity contribution in [2.24, 2.45) is 0 Å². The number of carbonyl (C=O) groups is 2. The number of aliphatic carboxylic acids is 1. The highest BCUT2D eigenvalue weighted by atomic mass is 16.5. The average Bonchev–Trinajstić information content (AvgIpc) is 2.59. The molecule has 0 aliphatic rings. The van der Waals surface area contributed by atoms with Gasteiger partial charge in [-0.15, -0.1) is 0 Å². The summed E-state index contributed by atoms with van der Waals surface area (Å²) in [5.41, 5.74) is 1.18. The third-order valence-electron chi connectivity index (χ3n) is 4.26. The van der Waals surface area contributed by atoms with Gasteiger partial charge in [0.05, 0.1) is 0 Å². The van der Waals surface area contributed by atoms with Gasteiger partial charge in [-0.1, -0.05) is 62.9 Å². The lowest BCUT2D eigenvalue weighted by atomic mass is 10.0. The maximum Gasteiger partial charge on any atom is 0.306 e. The van der Waals surface area contributed by atoms with Crippen LogP contribution in [0.15, 0.2) is 30.3 Å². The van der Waals surface area contributed by atoms with Gasteiger partial charge in [0.2, 0.25) is 0 Å². The van der Waals surface area contributed by atoms with E-state index in [0.717, 1.165) is 19.3 Å². The molecule has 1 aromatic carbocycles. The van der Waals surface area contributed by atoms with Crippen LogP contribution in [-0.2, 0) is 20.7 Å². The Bertz CT molecular complexity index is 484. The molecule has 1 unspecified atom stereocenters. The number of hydrogen-bond donors (Lipinski definition) is 1. The Morgan fingerprint density at radius 3 is 2.32 bits per heavy atom. The van der Waals surface area contributed by atoms with Crippen LogP contribution in [-0.4, -0.2) is 23.1 Å². The molecule has 0 saturated carbocycles. The van der Waals surface area contributed by atoms with Crippen molar-refractivity contribution in [1.29, 1.82) is 0 Å². The first-order valence-corrected chi connectivity index (χ1v) is 9.57. The standard InChI is InChI=1S/C21H32O4/c1-2-3-4-5-9-14-19(17-18-12-7-6-8-13-18)25-21(24)16-11-10-15-20(22)23/h6-8,12-13,19H,2-5,9-11,14-17H2,1H3,(H,22,23). The van der Waals surface area contributed by atoms with Crippen molar-refractivity contribution in [3.63, 3.8) is 0 Å². The molecule has 0 radical (unpaired) electrons. The van der Waals surface area contributed by atoms with Crippen LogP contribution in [0.4, 0.5) is 0 Å². The Labute approximate surface area is 151 Å². The van der Waals surface area contributed by atoms with E-state index < -0.39 is 5.97 Å². The third kappa shape index (κ3) is 11.4. The first kappa shape index (κ1) is 21.2. The first-order valence-electron chi connectivity index (χ1n) is 9.57. The topological polar surface area (TPSA) is 63.6 Å². The van der Waals surface area contributed by atoms with Crippen LogP contribution in [0.3, 0.4) is 0 Å². The molecule has 0 aliphatic heterocycles. The van der Waals surface area contributed by atoms with Gasteiger partial charge in [-0.2, -0.15) is 0 Å². The highest BCUT2D eigenvalue weighted by Crippen LogP contribution is 2.15. The van der Waals surface area contributed by atoms with E-state index in [2.05, 4.69) is 19.1 Å². The minimum absolute atomic E-state index is 0.0870. The van der Waals surface area contributed by atoms with Crippen LogP contribution >= 0.6 is 0 Å². The van der Waals surface area contributed by atoms with Crippen molar-refractivity contribution < 1.29 is 19.4 Å². The molecule has 4 nitrogen and oxygen atoms in total. The summed E-state index contributed by atoms with van der Waals surface area (Å²) in [6, 6.07) is 10.1. The van der Waals surface area contributed by atoms with Crippen LogP contribution in [0.25, 0.3) is 0 Å². The van der Waals surface area contributed by atoms with E-state index in [1.807, 2.05) is 18.2 Å². The zero-order valence-electron chi connectivity index (χ0n) is 15.4. The summed E-state index contributed by atoms with van der Waals surface area (Å²) in [5, 5.41) is 8.63. The van der Waals surface area contributed by atoms with E-state index in [-0.39, 0.29) is 18.5 Å². The van der Waals surface area contributed by atoms with Crippen molar-refractivity contribution in [1.82, 2.24) is 0 Å². The molecule has 1 rings (SSSR count). The fourth-order valence-corrected chi connectivity index (χ4v) is 2.85. The summed E-state index contributed by atoms with van der Waals surface area (Å²) in [6.07, 6.45) is 9.00. The Hall–Kier alpha value is -1.84. The number of esters is 1. The Morgan fingerprint density at radius 1 is 0.960 bits per heavy atom. The van der Waals surface area contributed by atoms with E-state index in [0.29, 0.717) is 19.3 Å². The lowest BCUT2D eigenvalue weighted by Crippen LogP contribution is -2.21. The molecule has 1 N–H and O–H groups in total. The molecule has 0 saturated heterocycles. The second-order valence-electron chi connectivity index (χ2n) is 6.61. The fraction of sp³-hybridized carbons (Fsp3) is 0.619. The summed E-state index contributed by atoms with van der Waals surface area (Å²) in [4.78, 5) is 22.6. The van der Waals surface area contributed by atoms with Gasteiger partial charge in [-0.3, -0.25) is 9.59 Å². The second-order valence-corrected chi connectivity index (χ2v) is 6.61. The number of hydrogen-bond acceptors (Lipinski definition) is 3. The quantitative estimate of drug-likeness (QED) is 0.373. The number of benzene rings is 1. The number of carbonyl (C=O) groups excluding carboxylic acids is 1. The van der Waals surface area contributed by atoms with Gasteiger partial charge < -0.3 is 9.84 Å². The van der Waals surface area contributed by atoms with Gasteiger partial charge in [0.25, 0.3) is 0 Å². The number of carboxylic acids is 1. The zero-order chi connectivity index (χ0) is 18.3. The van der Waals surface area contributed by atoms with Crippen LogP contribution in [0.5, 0.6) is 0 Å². The summed E-state index contributed by atoms with van der Waals surface area (Å²) >= 11 is 0. The molecule has 25 heavy (non-hydrogen) atoms. The highest BCUT2D eigenvalue weighted by Gasteiger charge is 2.15. The zero-order valence-corrected chi connectivity index (χ0v) is 15.4. The largest absolute Gasteiger partial charge is 0.481 e. The van der Waals surface area contributed by atoms with Crippen LogP contribution in [0, 0.1) is 0 Å². The van der Waals surface area contributed by atoms with Gasteiger partial charge in [-0.25, -0.2) is 0 Å². The average molecular weight is 348 g/mol. The van der Waals surface area contributed by atoms with Crippen molar-refractivity contribution in [2.75, 3.05) is 0 Å². The Balaban J connectivity index is 2.40. The molecule has 0 aliphatic carbocycles. The molecule has 0 amide bonds. The number of unbranched alkanes of at least 4 members (excludes halogenated alkanes) is 5. The molecule has 0 heterocycles. The third-order valence-corrected chi connectivity index (χ3v) is 4.26. The highest BCUT2D eigenvalue weighted by molar-refractivity contribution is 5.70. The molecule has 1 aromatic rings. The Kier molecular flexibility index (Phi) is 11.4. The van der Waals surface area contributed by atoms with E-state index in [9.17, 15) is 9.59 Å². The number of ether oxygens (including phenoxy) is 1. The first-order chi connectivity index (χ1) is 12.1. The molecular weight excluding hydrogens is 316 g/mol. The fourth-order valence-electron chi connectivity index (χ4n) is 2.85.